The van der Waals surface area contributed by atoms with Gasteiger partial charge in [0.05, 0.1) is 17.6 Å². The normalized spacial score (nSPS) is 12.6. The summed E-state index contributed by atoms with van der Waals surface area (Å²) in [6, 6.07) is 3.01. The summed E-state index contributed by atoms with van der Waals surface area (Å²) in [6.07, 6.45) is -0.830. The molecule has 0 aliphatic rings. The van der Waals surface area contributed by atoms with Crippen LogP contribution in [-0.4, -0.2) is 16.6 Å². The number of ether oxygens (including phenoxy) is 1. The SMILES string of the molecule is CC(C)COc1c([C@@H](C)O)cc(Br)cc1[N+](=O)[O-]. The lowest BCUT2D eigenvalue weighted by molar-refractivity contribution is -0.386. The lowest BCUT2D eigenvalue weighted by Gasteiger charge is -2.15. The first kappa shape index (κ1) is 14.9. The topological polar surface area (TPSA) is 72.6 Å². The van der Waals surface area contributed by atoms with E-state index in [1.54, 1.807) is 13.0 Å². The Morgan fingerprint density at radius 3 is 2.50 bits per heavy atom. The molecule has 1 aromatic carbocycles. The van der Waals surface area contributed by atoms with Crippen LogP contribution in [0.2, 0.25) is 0 Å². The van der Waals surface area contributed by atoms with Crippen LogP contribution in [0.4, 0.5) is 5.69 Å². The molecule has 0 unspecified atom stereocenters. The zero-order valence-corrected chi connectivity index (χ0v) is 12.1. The number of rotatable bonds is 5. The van der Waals surface area contributed by atoms with E-state index in [0.717, 1.165) is 0 Å². The van der Waals surface area contributed by atoms with Gasteiger partial charge in [0, 0.05) is 16.1 Å². The standard InChI is InChI=1S/C12H16BrNO4/c1-7(2)6-18-12-10(8(3)15)4-9(13)5-11(12)14(16)17/h4-5,7-8,15H,6H2,1-3H3/t8-/m1/s1. The lowest BCUT2D eigenvalue weighted by Crippen LogP contribution is -2.09. The molecular formula is C12H16BrNO4. The highest BCUT2D eigenvalue weighted by Crippen LogP contribution is 2.38. The van der Waals surface area contributed by atoms with Gasteiger partial charge < -0.3 is 9.84 Å². The van der Waals surface area contributed by atoms with Crippen molar-refractivity contribution in [2.75, 3.05) is 6.61 Å². The third-order valence-electron chi connectivity index (χ3n) is 2.27. The van der Waals surface area contributed by atoms with Crippen molar-refractivity contribution in [1.29, 1.82) is 0 Å². The summed E-state index contributed by atoms with van der Waals surface area (Å²) >= 11 is 3.19. The Labute approximate surface area is 114 Å². The predicted molar refractivity (Wildman–Crippen MR) is 71.8 cm³/mol. The van der Waals surface area contributed by atoms with Gasteiger partial charge in [-0.3, -0.25) is 10.1 Å². The maximum absolute atomic E-state index is 11.0. The Morgan fingerprint density at radius 1 is 1.44 bits per heavy atom. The molecule has 18 heavy (non-hydrogen) atoms. The number of hydrogen-bond acceptors (Lipinski definition) is 4. The van der Waals surface area contributed by atoms with E-state index >= 15 is 0 Å². The minimum Gasteiger partial charge on any atom is -0.486 e. The second-order valence-electron chi connectivity index (χ2n) is 4.48. The Hall–Kier alpha value is -1.14. The zero-order valence-electron chi connectivity index (χ0n) is 10.5. The number of aliphatic hydroxyl groups excluding tert-OH is 1. The molecule has 0 amide bonds. The Bertz CT molecular complexity index is 446. The van der Waals surface area contributed by atoms with Gasteiger partial charge in [0.25, 0.3) is 0 Å². The molecule has 6 heteroatoms. The summed E-state index contributed by atoms with van der Waals surface area (Å²) in [4.78, 5) is 10.5. The van der Waals surface area contributed by atoms with Crippen LogP contribution >= 0.6 is 15.9 Å². The van der Waals surface area contributed by atoms with Gasteiger partial charge in [-0.05, 0) is 18.9 Å². The number of halogens is 1. The fraction of sp³-hybridized carbons (Fsp3) is 0.500. The monoisotopic (exact) mass is 317 g/mol. The van der Waals surface area contributed by atoms with E-state index in [9.17, 15) is 15.2 Å². The van der Waals surface area contributed by atoms with Gasteiger partial charge in [0.1, 0.15) is 0 Å². The Balaban J connectivity index is 3.27. The fourth-order valence-corrected chi connectivity index (χ4v) is 1.92. The molecule has 1 N–H and O–H groups in total. The van der Waals surface area contributed by atoms with Crippen LogP contribution < -0.4 is 4.74 Å². The van der Waals surface area contributed by atoms with E-state index < -0.39 is 11.0 Å². The average Bonchev–Trinajstić information content (AvgIpc) is 2.25. The number of hydrogen-bond donors (Lipinski definition) is 1. The second kappa shape index (κ2) is 6.15. The zero-order chi connectivity index (χ0) is 13.9. The van der Waals surface area contributed by atoms with Gasteiger partial charge in [0.2, 0.25) is 5.75 Å². The highest BCUT2D eigenvalue weighted by atomic mass is 79.9. The Kier molecular flexibility index (Phi) is 5.10. The Morgan fingerprint density at radius 2 is 2.06 bits per heavy atom. The quantitative estimate of drug-likeness (QED) is 0.667. The molecule has 0 spiro atoms. The molecule has 0 aliphatic heterocycles. The minimum atomic E-state index is -0.830. The van der Waals surface area contributed by atoms with E-state index in [1.807, 2.05) is 13.8 Å². The van der Waals surface area contributed by atoms with Gasteiger partial charge in [-0.15, -0.1) is 0 Å². The van der Waals surface area contributed by atoms with E-state index in [4.69, 9.17) is 4.74 Å². The van der Waals surface area contributed by atoms with Crippen molar-refractivity contribution in [2.24, 2.45) is 5.92 Å². The largest absolute Gasteiger partial charge is 0.486 e. The number of nitrogens with zero attached hydrogens (tertiary/aromatic N) is 1. The van der Waals surface area contributed by atoms with E-state index in [1.165, 1.54) is 6.07 Å². The molecule has 1 atom stereocenters. The molecule has 100 valence electrons. The minimum absolute atomic E-state index is 0.138. The molecule has 0 bridgehead atoms. The molecule has 1 rings (SSSR count). The molecule has 0 saturated heterocycles. The van der Waals surface area contributed by atoms with Crippen LogP contribution in [0.5, 0.6) is 5.75 Å². The molecule has 0 heterocycles. The van der Waals surface area contributed by atoms with Crippen LogP contribution in [0, 0.1) is 16.0 Å². The van der Waals surface area contributed by atoms with Crippen molar-refractivity contribution in [3.05, 3.63) is 32.3 Å². The summed E-state index contributed by atoms with van der Waals surface area (Å²) in [6.45, 7) is 5.81. The molecule has 5 nitrogen and oxygen atoms in total. The maximum Gasteiger partial charge on any atom is 0.312 e. The summed E-state index contributed by atoms with van der Waals surface area (Å²) in [5.74, 6) is 0.391. The van der Waals surface area contributed by atoms with Crippen LogP contribution in [0.15, 0.2) is 16.6 Å². The fourth-order valence-electron chi connectivity index (χ4n) is 1.45. The predicted octanol–water partition coefficient (Wildman–Crippen LogP) is 3.45. The van der Waals surface area contributed by atoms with Gasteiger partial charge in [-0.2, -0.15) is 0 Å². The van der Waals surface area contributed by atoms with Crippen molar-refractivity contribution in [2.45, 2.75) is 26.9 Å². The van der Waals surface area contributed by atoms with Gasteiger partial charge >= 0.3 is 5.69 Å². The van der Waals surface area contributed by atoms with Gasteiger partial charge in [0.15, 0.2) is 0 Å². The molecule has 0 saturated carbocycles. The lowest BCUT2D eigenvalue weighted by atomic mass is 10.1. The number of benzene rings is 1. The van der Waals surface area contributed by atoms with Crippen LogP contribution in [0.1, 0.15) is 32.4 Å². The van der Waals surface area contributed by atoms with Crippen LogP contribution in [-0.2, 0) is 0 Å². The highest BCUT2D eigenvalue weighted by Gasteiger charge is 2.23. The van der Waals surface area contributed by atoms with Crippen LogP contribution in [0.25, 0.3) is 0 Å². The van der Waals surface area contributed by atoms with Crippen molar-refractivity contribution in [1.82, 2.24) is 0 Å². The first-order valence-corrected chi connectivity index (χ1v) is 6.41. The number of nitro benzene ring substituents is 1. The highest BCUT2D eigenvalue weighted by molar-refractivity contribution is 9.10. The second-order valence-corrected chi connectivity index (χ2v) is 5.40. The average molecular weight is 318 g/mol. The van der Waals surface area contributed by atoms with Gasteiger partial charge in [-0.25, -0.2) is 0 Å². The van der Waals surface area contributed by atoms with Gasteiger partial charge in [-0.1, -0.05) is 29.8 Å². The maximum atomic E-state index is 11.0. The van der Waals surface area contributed by atoms with E-state index in [-0.39, 0.29) is 17.4 Å². The van der Waals surface area contributed by atoms with Crippen molar-refractivity contribution >= 4 is 21.6 Å². The van der Waals surface area contributed by atoms with Crippen molar-refractivity contribution in [3.8, 4) is 5.75 Å². The number of aliphatic hydroxyl groups is 1. The smallest absolute Gasteiger partial charge is 0.312 e. The van der Waals surface area contributed by atoms with E-state index in [0.29, 0.717) is 16.6 Å². The first-order valence-electron chi connectivity index (χ1n) is 5.61. The third kappa shape index (κ3) is 3.68. The summed E-state index contributed by atoms with van der Waals surface area (Å²) < 4.78 is 6.03. The summed E-state index contributed by atoms with van der Waals surface area (Å²) in [7, 11) is 0. The summed E-state index contributed by atoms with van der Waals surface area (Å²) in [5, 5.41) is 20.7. The summed E-state index contributed by atoms with van der Waals surface area (Å²) in [5.41, 5.74) is 0.276. The molecule has 0 aliphatic carbocycles. The van der Waals surface area contributed by atoms with Crippen molar-refractivity contribution in [3.63, 3.8) is 0 Å². The molecule has 0 aromatic heterocycles. The van der Waals surface area contributed by atoms with E-state index in [2.05, 4.69) is 15.9 Å². The van der Waals surface area contributed by atoms with Crippen molar-refractivity contribution < 1.29 is 14.8 Å². The molecule has 0 radical (unpaired) electrons. The molecule has 0 fully saturated rings. The first-order chi connectivity index (χ1) is 8.32. The molecule has 1 aromatic rings. The molecular weight excluding hydrogens is 302 g/mol. The van der Waals surface area contributed by atoms with Crippen LogP contribution in [0.3, 0.4) is 0 Å². The number of nitro groups is 1. The third-order valence-corrected chi connectivity index (χ3v) is 2.73.